The lowest BCUT2D eigenvalue weighted by atomic mass is 10.3. The van der Waals surface area contributed by atoms with Gasteiger partial charge in [0.15, 0.2) is 0 Å². The number of amides is 1. The molecule has 1 heterocycles. The lowest BCUT2D eigenvalue weighted by Crippen LogP contribution is -2.39. The zero-order valence-electron chi connectivity index (χ0n) is 10.3. The number of nitrogens with zero attached hydrogens (tertiary/aromatic N) is 3. The number of carbonyl (C=O) groups excluding carboxylic acids is 1. The first-order valence-electron chi connectivity index (χ1n) is 5.35. The van der Waals surface area contributed by atoms with Crippen molar-refractivity contribution >= 4 is 23.5 Å². The van der Waals surface area contributed by atoms with Gasteiger partial charge in [-0.3, -0.25) is 4.79 Å². The van der Waals surface area contributed by atoms with Gasteiger partial charge >= 0.3 is 0 Å². The predicted octanol–water partition coefficient (Wildman–Crippen LogP) is -0.0803. The number of aromatic nitrogens is 2. The molecule has 0 radical (unpaired) electrons. The SMILES string of the molecule is CCN(C)C(=O)C(C)Nc1cc(N)nc(N)n1. The summed E-state index contributed by atoms with van der Waals surface area (Å²) in [5.41, 5.74) is 11.0. The Bertz CT molecular complexity index is 388. The first-order chi connectivity index (χ1) is 7.93. The third kappa shape index (κ3) is 3.47. The average molecular weight is 238 g/mol. The second-order valence-electron chi connectivity index (χ2n) is 3.75. The van der Waals surface area contributed by atoms with Crippen LogP contribution in [0.15, 0.2) is 6.07 Å². The van der Waals surface area contributed by atoms with E-state index in [0.717, 1.165) is 0 Å². The van der Waals surface area contributed by atoms with Gasteiger partial charge in [-0.05, 0) is 13.8 Å². The van der Waals surface area contributed by atoms with E-state index in [-0.39, 0.29) is 17.7 Å². The van der Waals surface area contributed by atoms with Crippen LogP contribution in [0.2, 0.25) is 0 Å². The van der Waals surface area contributed by atoms with Crippen LogP contribution in [-0.4, -0.2) is 40.4 Å². The van der Waals surface area contributed by atoms with Crippen molar-refractivity contribution in [1.29, 1.82) is 0 Å². The molecule has 0 bridgehead atoms. The fourth-order valence-electron chi connectivity index (χ4n) is 1.33. The molecule has 94 valence electrons. The van der Waals surface area contributed by atoms with Crippen LogP contribution in [0.1, 0.15) is 13.8 Å². The number of nitrogens with one attached hydrogen (secondary N) is 1. The second-order valence-corrected chi connectivity index (χ2v) is 3.75. The van der Waals surface area contributed by atoms with Gasteiger partial charge in [0.05, 0.1) is 0 Å². The summed E-state index contributed by atoms with van der Waals surface area (Å²) in [7, 11) is 1.74. The highest BCUT2D eigenvalue weighted by Gasteiger charge is 2.16. The molecule has 1 unspecified atom stereocenters. The minimum Gasteiger partial charge on any atom is -0.383 e. The van der Waals surface area contributed by atoms with Crippen LogP contribution in [0, 0.1) is 0 Å². The van der Waals surface area contributed by atoms with Crippen LogP contribution in [0.5, 0.6) is 0 Å². The molecule has 1 atom stereocenters. The Morgan fingerprint density at radius 1 is 1.53 bits per heavy atom. The molecule has 1 amide bonds. The first-order valence-corrected chi connectivity index (χ1v) is 5.35. The molecule has 1 rings (SSSR count). The quantitative estimate of drug-likeness (QED) is 0.676. The van der Waals surface area contributed by atoms with E-state index >= 15 is 0 Å². The summed E-state index contributed by atoms with van der Waals surface area (Å²) < 4.78 is 0. The Balaban J connectivity index is 2.74. The molecule has 7 heteroatoms. The van der Waals surface area contributed by atoms with Crippen molar-refractivity contribution in [1.82, 2.24) is 14.9 Å². The summed E-state index contributed by atoms with van der Waals surface area (Å²) in [6.07, 6.45) is 0. The van der Waals surface area contributed by atoms with Crippen LogP contribution in [0.4, 0.5) is 17.6 Å². The van der Waals surface area contributed by atoms with Crippen molar-refractivity contribution < 1.29 is 4.79 Å². The fourth-order valence-corrected chi connectivity index (χ4v) is 1.33. The standard InChI is InChI=1S/C10H18N6O/c1-4-16(3)9(17)6(2)13-8-5-7(11)14-10(12)15-8/h5-6H,4H2,1-3H3,(H5,11,12,13,14,15). The largest absolute Gasteiger partial charge is 0.383 e. The predicted molar refractivity (Wildman–Crippen MR) is 67.3 cm³/mol. The topological polar surface area (TPSA) is 110 Å². The Morgan fingerprint density at radius 2 is 2.18 bits per heavy atom. The summed E-state index contributed by atoms with van der Waals surface area (Å²) >= 11 is 0. The maximum Gasteiger partial charge on any atom is 0.244 e. The molecule has 0 spiro atoms. The summed E-state index contributed by atoms with van der Waals surface area (Å²) in [5.74, 6) is 0.767. The molecular formula is C10H18N6O. The molecular weight excluding hydrogens is 220 g/mol. The van der Waals surface area contributed by atoms with Crippen molar-refractivity contribution in [3.8, 4) is 0 Å². The van der Waals surface area contributed by atoms with Gasteiger partial charge in [0.25, 0.3) is 0 Å². The molecule has 1 aromatic rings. The molecule has 0 aromatic carbocycles. The number of likely N-dealkylation sites (N-methyl/N-ethyl adjacent to an activating group) is 1. The van der Waals surface area contributed by atoms with E-state index in [1.807, 2.05) is 6.92 Å². The monoisotopic (exact) mass is 238 g/mol. The second kappa shape index (κ2) is 5.33. The maximum absolute atomic E-state index is 11.8. The van der Waals surface area contributed by atoms with Gasteiger partial charge in [-0.2, -0.15) is 9.97 Å². The summed E-state index contributed by atoms with van der Waals surface area (Å²) in [6, 6.07) is 1.14. The van der Waals surface area contributed by atoms with Crippen LogP contribution in [0.3, 0.4) is 0 Å². The summed E-state index contributed by atoms with van der Waals surface area (Å²) in [5, 5.41) is 2.94. The molecule has 17 heavy (non-hydrogen) atoms. The highest BCUT2D eigenvalue weighted by atomic mass is 16.2. The molecule has 0 saturated heterocycles. The number of nitrogens with two attached hydrogens (primary N) is 2. The number of carbonyl (C=O) groups is 1. The third-order valence-electron chi connectivity index (χ3n) is 2.35. The van der Waals surface area contributed by atoms with Crippen LogP contribution < -0.4 is 16.8 Å². The van der Waals surface area contributed by atoms with E-state index in [0.29, 0.717) is 12.4 Å². The number of hydrogen-bond donors (Lipinski definition) is 3. The Hall–Kier alpha value is -2.05. The Labute approximate surface area is 100 Å². The summed E-state index contributed by atoms with van der Waals surface area (Å²) in [4.78, 5) is 21.1. The first kappa shape index (κ1) is 13.0. The molecule has 0 fully saturated rings. The van der Waals surface area contributed by atoms with Gasteiger partial charge in [0.1, 0.15) is 17.7 Å². The van der Waals surface area contributed by atoms with E-state index in [9.17, 15) is 4.79 Å². The zero-order chi connectivity index (χ0) is 13.0. The zero-order valence-corrected chi connectivity index (χ0v) is 10.3. The van der Waals surface area contributed by atoms with Gasteiger partial charge in [0.2, 0.25) is 11.9 Å². The fraction of sp³-hybridized carbons (Fsp3) is 0.500. The Kier molecular flexibility index (Phi) is 4.08. The van der Waals surface area contributed by atoms with Gasteiger partial charge < -0.3 is 21.7 Å². The molecule has 5 N–H and O–H groups in total. The highest BCUT2D eigenvalue weighted by Crippen LogP contribution is 2.11. The van der Waals surface area contributed by atoms with E-state index < -0.39 is 6.04 Å². The van der Waals surface area contributed by atoms with Crippen molar-refractivity contribution in [2.24, 2.45) is 0 Å². The van der Waals surface area contributed by atoms with Crippen molar-refractivity contribution in [2.45, 2.75) is 19.9 Å². The van der Waals surface area contributed by atoms with Crippen molar-refractivity contribution in [3.05, 3.63) is 6.07 Å². The summed E-state index contributed by atoms with van der Waals surface area (Å²) in [6.45, 7) is 4.31. The minimum atomic E-state index is -0.395. The van der Waals surface area contributed by atoms with Crippen molar-refractivity contribution in [2.75, 3.05) is 30.4 Å². The number of hydrogen-bond acceptors (Lipinski definition) is 6. The van der Waals surface area contributed by atoms with Gasteiger partial charge in [-0.25, -0.2) is 0 Å². The normalized spacial score (nSPS) is 11.9. The molecule has 7 nitrogen and oxygen atoms in total. The molecule has 0 saturated carbocycles. The van der Waals surface area contributed by atoms with Gasteiger partial charge in [-0.1, -0.05) is 0 Å². The molecule has 1 aromatic heterocycles. The lowest BCUT2D eigenvalue weighted by molar-refractivity contribution is -0.130. The van der Waals surface area contributed by atoms with E-state index in [2.05, 4.69) is 15.3 Å². The maximum atomic E-state index is 11.8. The van der Waals surface area contributed by atoms with E-state index in [1.165, 1.54) is 6.07 Å². The van der Waals surface area contributed by atoms with Gasteiger partial charge in [-0.15, -0.1) is 0 Å². The van der Waals surface area contributed by atoms with Gasteiger partial charge in [0, 0.05) is 19.7 Å². The molecule has 0 aliphatic carbocycles. The van der Waals surface area contributed by atoms with Crippen LogP contribution in [0.25, 0.3) is 0 Å². The minimum absolute atomic E-state index is 0.0248. The average Bonchev–Trinajstić information content (AvgIpc) is 2.25. The third-order valence-corrected chi connectivity index (χ3v) is 2.35. The molecule has 0 aliphatic rings. The van der Waals surface area contributed by atoms with E-state index in [1.54, 1.807) is 18.9 Å². The lowest BCUT2D eigenvalue weighted by Gasteiger charge is -2.20. The number of rotatable bonds is 4. The highest BCUT2D eigenvalue weighted by molar-refractivity contribution is 5.83. The smallest absolute Gasteiger partial charge is 0.244 e. The van der Waals surface area contributed by atoms with Crippen LogP contribution >= 0.6 is 0 Å². The number of anilines is 3. The van der Waals surface area contributed by atoms with E-state index in [4.69, 9.17) is 11.5 Å². The number of nitrogen functional groups attached to an aromatic ring is 2. The Morgan fingerprint density at radius 3 is 2.71 bits per heavy atom. The van der Waals surface area contributed by atoms with Crippen LogP contribution in [-0.2, 0) is 4.79 Å². The molecule has 0 aliphatic heterocycles. The van der Waals surface area contributed by atoms with Crippen molar-refractivity contribution in [3.63, 3.8) is 0 Å².